The lowest BCUT2D eigenvalue weighted by atomic mass is 9.92. The first-order valence-electron chi connectivity index (χ1n) is 6.44. The van der Waals surface area contributed by atoms with E-state index in [1.165, 1.54) is 12.1 Å². The lowest BCUT2D eigenvalue weighted by molar-refractivity contribution is 0.0391. The minimum Gasteiger partial charge on any atom is -0.507 e. The zero-order chi connectivity index (χ0) is 13.8. The number of halogens is 1. The summed E-state index contributed by atoms with van der Waals surface area (Å²) >= 11 is 0. The van der Waals surface area contributed by atoms with E-state index in [-0.39, 0.29) is 23.5 Å². The van der Waals surface area contributed by atoms with Crippen LogP contribution >= 0.6 is 0 Å². The Labute approximate surface area is 111 Å². The molecule has 0 aromatic heterocycles. The minimum atomic E-state index is -0.720. The number of amides is 1. The number of hydrogen-bond acceptors (Lipinski definition) is 3. The summed E-state index contributed by atoms with van der Waals surface area (Å²) in [5.41, 5.74) is -0.303. The lowest BCUT2D eigenvalue weighted by Crippen LogP contribution is -2.46. The molecule has 2 unspecified atom stereocenters. The average molecular weight is 267 g/mol. The van der Waals surface area contributed by atoms with Crippen molar-refractivity contribution >= 4 is 5.91 Å². The van der Waals surface area contributed by atoms with Crippen molar-refractivity contribution in [1.29, 1.82) is 0 Å². The van der Waals surface area contributed by atoms with Crippen molar-refractivity contribution in [2.45, 2.75) is 37.8 Å². The molecule has 2 rings (SSSR count). The first kappa shape index (κ1) is 13.8. The van der Waals surface area contributed by atoms with Gasteiger partial charge >= 0.3 is 0 Å². The molecule has 104 valence electrons. The molecule has 4 nitrogen and oxygen atoms in total. The number of carbonyl (C=O) groups excluding carboxylic acids is 1. The fraction of sp³-hybridized carbons (Fsp3) is 0.500. The third kappa shape index (κ3) is 3.04. The Hall–Kier alpha value is -1.62. The first-order valence-corrected chi connectivity index (χ1v) is 6.44. The van der Waals surface area contributed by atoms with Crippen molar-refractivity contribution in [3.05, 3.63) is 29.6 Å². The average Bonchev–Trinajstić information content (AvgIpc) is 2.39. The number of nitrogens with one attached hydrogen (secondary N) is 1. The molecule has 1 aromatic rings. The predicted molar refractivity (Wildman–Crippen MR) is 68.6 cm³/mol. The molecule has 1 aromatic carbocycles. The van der Waals surface area contributed by atoms with Gasteiger partial charge in [0.15, 0.2) is 0 Å². The molecule has 0 heterocycles. The molecule has 0 spiro atoms. The molecule has 1 aliphatic rings. The van der Waals surface area contributed by atoms with E-state index in [4.69, 9.17) is 4.74 Å². The lowest BCUT2D eigenvalue weighted by Gasteiger charge is -2.31. The fourth-order valence-corrected chi connectivity index (χ4v) is 2.52. The van der Waals surface area contributed by atoms with Gasteiger partial charge in [-0.15, -0.1) is 0 Å². The molecule has 0 bridgehead atoms. The number of carbonyl (C=O) groups is 1. The predicted octanol–water partition coefficient (Wildman–Crippen LogP) is 2.22. The molecular formula is C14H18FNO3. The van der Waals surface area contributed by atoms with E-state index in [1.807, 2.05) is 0 Å². The van der Waals surface area contributed by atoms with Crippen LogP contribution in [0.25, 0.3) is 0 Å². The number of benzene rings is 1. The molecule has 0 saturated heterocycles. The highest BCUT2D eigenvalue weighted by molar-refractivity contribution is 5.97. The normalized spacial score (nSPS) is 23.1. The summed E-state index contributed by atoms with van der Waals surface area (Å²) in [7, 11) is 1.61. The van der Waals surface area contributed by atoms with Gasteiger partial charge in [-0.25, -0.2) is 4.39 Å². The second-order valence-electron chi connectivity index (χ2n) is 4.77. The fourth-order valence-electron chi connectivity index (χ4n) is 2.52. The van der Waals surface area contributed by atoms with E-state index in [0.29, 0.717) is 0 Å². The maximum Gasteiger partial charge on any atom is 0.258 e. The van der Waals surface area contributed by atoms with Crippen molar-refractivity contribution in [3.8, 4) is 5.75 Å². The second kappa shape index (κ2) is 6.02. The number of aromatic hydroxyl groups is 1. The smallest absolute Gasteiger partial charge is 0.258 e. The summed E-state index contributed by atoms with van der Waals surface area (Å²) < 4.78 is 18.9. The first-order chi connectivity index (χ1) is 9.13. The van der Waals surface area contributed by atoms with E-state index in [0.717, 1.165) is 31.7 Å². The van der Waals surface area contributed by atoms with E-state index in [2.05, 4.69) is 5.32 Å². The molecule has 1 saturated carbocycles. The monoisotopic (exact) mass is 267 g/mol. The van der Waals surface area contributed by atoms with Gasteiger partial charge in [0.25, 0.3) is 5.91 Å². The van der Waals surface area contributed by atoms with Crippen molar-refractivity contribution in [2.75, 3.05) is 7.11 Å². The molecule has 2 N–H and O–H groups in total. The minimum absolute atomic E-state index is 0.0494. The highest BCUT2D eigenvalue weighted by Gasteiger charge is 2.28. The van der Waals surface area contributed by atoms with Gasteiger partial charge in [-0.3, -0.25) is 4.79 Å². The Morgan fingerprint density at radius 3 is 2.84 bits per heavy atom. The highest BCUT2D eigenvalue weighted by Crippen LogP contribution is 2.23. The van der Waals surface area contributed by atoms with E-state index >= 15 is 0 Å². The van der Waals surface area contributed by atoms with Crippen LogP contribution in [0, 0.1) is 5.82 Å². The molecule has 0 radical (unpaired) electrons. The molecule has 1 aliphatic carbocycles. The Bertz CT molecular complexity index is 444. The third-order valence-electron chi connectivity index (χ3n) is 3.54. The van der Waals surface area contributed by atoms with Crippen LogP contribution in [0.5, 0.6) is 5.75 Å². The van der Waals surface area contributed by atoms with Crippen molar-refractivity contribution in [1.82, 2.24) is 5.32 Å². The molecule has 1 amide bonds. The Kier molecular flexibility index (Phi) is 4.37. The van der Waals surface area contributed by atoms with Crippen LogP contribution in [0.1, 0.15) is 36.0 Å². The largest absolute Gasteiger partial charge is 0.507 e. The molecule has 0 aliphatic heterocycles. The van der Waals surface area contributed by atoms with Gasteiger partial charge in [-0.2, -0.15) is 0 Å². The number of hydrogen-bond donors (Lipinski definition) is 2. The summed E-state index contributed by atoms with van der Waals surface area (Å²) in [4.78, 5) is 12.0. The number of methoxy groups -OCH3 is 1. The van der Waals surface area contributed by atoms with E-state index < -0.39 is 11.7 Å². The Balaban J connectivity index is 2.12. The summed E-state index contributed by atoms with van der Waals surface area (Å²) in [6.07, 6.45) is 3.71. The van der Waals surface area contributed by atoms with Gasteiger partial charge in [0.2, 0.25) is 0 Å². The Morgan fingerprint density at radius 2 is 2.16 bits per heavy atom. The van der Waals surface area contributed by atoms with Crippen LogP contribution in [0.4, 0.5) is 4.39 Å². The van der Waals surface area contributed by atoms with Gasteiger partial charge in [-0.05, 0) is 25.0 Å². The summed E-state index contributed by atoms with van der Waals surface area (Å²) in [6, 6.07) is 3.68. The number of phenols is 1. The number of rotatable bonds is 3. The van der Waals surface area contributed by atoms with Gasteiger partial charge in [0, 0.05) is 7.11 Å². The summed E-state index contributed by atoms with van der Waals surface area (Å²) in [6.45, 7) is 0. The van der Waals surface area contributed by atoms with Crippen molar-refractivity contribution in [2.24, 2.45) is 0 Å². The van der Waals surface area contributed by atoms with Gasteiger partial charge < -0.3 is 15.2 Å². The molecule has 1 fully saturated rings. The van der Waals surface area contributed by atoms with Crippen LogP contribution in [0.2, 0.25) is 0 Å². The van der Waals surface area contributed by atoms with Gasteiger partial charge in [-0.1, -0.05) is 18.9 Å². The third-order valence-corrected chi connectivity index (χ3v) is 3.54. The van der Waals surface area contributed by atoms with E-state index in [9.17, 15) is 14.3 Å². The summed E-state index contributed by atoms with van der Waals surface area (Å²) in [5.74, 6) is -1.66. The van der Waals surface area contributed by atoms with Crippen LogP contribution in [0.15, 0.2) is 18.2 Å². The van der Waals surface area contributed by atoms with Gasteiger partial charge in [0.1, 0.15) is 17.1 Å². The highest BCUT2D eigenvalue weighted by atomic mass is 19.1. The maximum absolute atomic E-state index is 13.6. The Morgan fingerprint density at radius 1 is 1.42 bits per heavy atom. The van der Waals surface area contributed by atoms with E-state index in [1.54, 1.807) is 7.11 Å². The van der Waals surface area contributed by atoms with Gasteiger partial charge in [0.05, 0.1) is 12.1 Å². The molecule has 19 heavy (non-hydrogen) atoms. The molecule has 2 atom stereocenters. The topological polar surface area (TPSA) is 58.6 Å². The molecule has 5 heteroatoms. The van der Waals surface area contributed by atoms with Crippen LogP contribution < -0.4 is 5.32 Å². The zero-order valence-electron chi connectivity index (χ0n) is 10.9. The van der Waals surface area contributed by atoms with Crippen molar-refractivity contribution in [3.63, 3.8) is 0 Å². The summed E-state index contributed by atoms with van der Waals surface area (Å²) in [5, 5.41) is 12.3. The zero-order valence-corrected chi connectivity index (χ0v) is 10.9. The second-order valence-corrected chi connectivity index (χ2v) is 4.77. The molecular weight excluding hydrogens is 249 g/mol. The quantitative estimate of drug-likeness (QED) is 0.882. The van der Waals surface area contributed by atoms with Crippen molar-refractivity contribution < 1.29 is 19.0 Å². The van der Waals surface area contributed by atoms with Crippen LogP contribution in [-0.4, -0.2) is 30.3 Å². The maximum atomic E-state index is 13.6. The van der Waals surface area contributed by atoms with Crippen LogP contribution in [-0.2, 0) is 4.74 Å². The SMILES string of the molecule is COC1CCCCC1NC(=O)c1c(O)cccc1F. The van der Waals surface area contributed by atoms with Crippen LogP contribution in [0.3, 0.4) is 0 Å². The standard InChI is InChI=1S/C14H18FNO3/c1-19-12-8-3-2-6-10(12)16-14(18)13-9(15)5-4-7-11(13)17/h4-5,7,10,12,17H,2-3,6,8H2,1H3,(H,16,18). The number of phenolic OH excluding ortho intramolecular Hbond substituents is 1. The number of ether oxygens (including phenoxy) is 1.